The second-order valence-electron chi connectivity index (χ2n) is 5.77. The molecule has 0 N–H and O–H groups in total. The van der Waals surface area contributed by atoms with Gasteiger partial charge in [0.1, 0.15) is 5.82 Å². The lowest BCUT2D eigenvalue weighted by Gasteiger charge is -2.12. The number of halogens is 2. The van der Waals surface area contributed by atoms with Gasteiger partial charge in [0.2, 0.25) is 5.89 Å². The van der Waals surface area contributed by atoms with Crippen LogP contribution in [0.5, 0.6) is 11.5 Å². The zero-order valence-corrected chi connectivity index (χ0v) is 15.1. The zero-order chi connectivity index (χ0) is 20.3. The highest BCUT2D eigenvalue weighted by atomic mass is 19.1. The van der Waals surface area contributed by atoms with Gasteiger partial charge in [-0.05, 0) is 43.3 Å². The van der Waals surface area contributed by atoms with Crippen LogP contribution in [0.15, 0.2) is 40.8 Å². The Labute approximate surface area is 159 Å². The van der Waals surface area contributed by atoms with E-state index in [1.807, 2.05) is 0 Å². The maximum atomic E-state index is 14.5. The van der Waals surface area contributed by atoms with Crippen LogP contribution in [-0.2, 0) is 11.2 Å². The van der Waals surface area contributed by atoms with Crippen LogP contribution in [0.25, 0.3) is 22.8 Å². The topological polar surface area (TPSA) is 84.6 Å². The van der Waals surface area contributed by atoms with Crippen molar-refractivity contribution in [2.45, 2.75) is 13.3 Å². The van der Waals surface area contributed by atoms with E-state index < -0.39 is 24.0 Å². The van der Waals surface area contributed by atoms with Gasteiger partial charge >= 0.3 is 0 Å². The third-order valence-corrected chi connectivity index (χ3v) is 3.88. The first kappa shape index (κ1) is 19.3. The molecule has 0 fully saturated rings. The minimum Gasteiger partial charge on any atom is -0.550 e. The number of carboxylic acid groups (broad SMARTS) is 1. The Kier molecular flexibility index (Phi) is 5.58. The number of carbonyl (C=O) groups excluding carboxylic acids is 1. The van der Waals surface area contributed by atoms with Crippen LogP contribution < -0.4 is 14.6 Å². The summed E-state index contributed by atoms with van der Waals surface area (Å²) in [6.45, 7) is 1.94. The molecule has 1 aromatic heterocycles. The van der Waals surface area contributed by atoms with Gasteiger partial charge in [-0.3, -0.25) is 0 Å². The number of aliphatic carboxylic acids is 1. The molecule has 2 aromatic carbocycles. The number of aromatic nitrogens is 1. The Morgan fingerprint density at radius 2 is 1.89 bits per heavy atom. The summed E-state index contributed by atoms with van der Waals surface area (Å²) in [5.74, 6) is -2.34. The molecule has 0 radical (unpaired) electrons. The molecule has 6 nitrogen and oxygen atoms in total. The number of benzene rings is 2. The van der Waals surface area contributed by atoms with E-state index in [-0.39, 0.29) is 41.0 Å². The van der Waals surface area contributed by atoms with Crippen LogP contribution in [0.4, 0.5) is 8.78 Å². The zero-order valence-electron chi connectivity index (χ0n) is 15.1. The number of nitrogens with zero attached hydrogens (tertiary/aromatic N) is 1. The second-order valence-corrected chi connectivity index (χ2v) is 5.77. The molecule has 0 aliphatic carbocycles. The first-order valence-corrected chi connectivity index (χ1v) is 8.39. The quantitative estimate of drug-likeness (QED) is 0.619. The van der Waals surface area contributed by atoms with Crippen LogP contribution in [0.3, 0.4) is 0 Å². The fourth-order valence-corrected chi connectivity index (χ4v) is 2.69. The van der Waals surface area contributed by atoms with E-state index in [0.29, 0.717) is 5.56 Å². The van der Waals surface area contributed by atoms with E-state index in [1.54, 1.807) is 6.92 Å². The average Bonchev–Trinajstić information content (AvgIpc) is 3.07. The van der Waals surface area contributed by atoms with Gasteiger partial charge in [0.15, 0.2) is 23.1 Å². The van der Waals surface area contributed by atoms with Crippen molar-refractivity contribution in [1.29, 1.82) is 0 Å². The molecule has 0 atom stereocenters. The highest BCUT2D eigenvalue weighted by molar-refractivity contribution is 5.74. The number of methoxy groups -OCH3 is 1. The molecular formula is C20H16F2NO5-. The van der Waals surface area contributed by atoms with Gasteiger partial charge in [0, 0.05) is 23.5 Å². The van der Waals surface area contributed by atoms with Gasteiger partial charge in [-0.25, -0.2) is 13.8 Å². The summed E-state index contributed by atoms with van der Waals surface area (Å²) in [6, 6.07) is 7.91. The van der Waals surface area contributed by atoms with Gasteiger partial charge in [-0.15, -0.1) is 0 Å². The normalized spacial score (nSPS) is 10.7. The van der Waals surface area contributed by atoms with Crippen LogP contribution in [0.2, 0.25) is 0 Å². The van der Waals surface area contributed by atoms with E-state index in [2.05, 4.69) is 4.98 Å². The number of hydrogen-bond acceptors (Lipinski definition) is 6. The number of ether oxygens (including phenoxy) is 2. The molecule has 0 saturated carbocycles. The van der Waals surface area contributed by atoms with Crippen LogP contribution >= 0.6 is 0 Å². The number of rotatable bonds is 7. The number of hydrogen-bond donors (Lipinski definition) is 0. The van der Waals surface area contributed by atoms with Crippen molar-refractivity contribution in [3.63, 3.8) is 0 Å². The Hall–Kier alpha value is -3.42. The van der Waals surface area contributed by atoms with E-state index >= 15 is 0 Å². The molecule has 28 heavy (non-hydrogen) atoms. The summed E-state index contributed by atoms with van der Waals surface area (Å²) in [7, 11) is 1.35. The fraction of sp³-hybridized carbons (Fsp3) is 0.200. The maximum Gasteiger partial charge on any atom is 0.227 e. The van der Waals surface area contributed by atoms with E-state index in [9.17, 15) is 18.7 Å². The predicted octanol–water partition coefficient (Wildman–Crippen LogP) is 2.99. The Bertz CT molecular complexity index is 999. The summed E-state index contributed by atoms with van der Waals surface area (Å²) in [5, 5.41) is 11.1. The molecule has 0 spiro atoms. The third-order valence-electron chi connectivity index (χ3n) is 3.88. The molecule has 0 aliphatic heterocycles. The van der Waals surface area contributed by atoms with Crippen molar-refractivity contribution < 1.29 is 32.6 Å². The maximum absolute atomic E-state index is 14.5. The minimum atomic E-state index is -1.38. The van der Waals surface area contributed by atoms with E-state index in [0.717, 1.165) is 6.07 Å². The smallest absolute Gasteiger partial charge is 0.227 e. The molecule has 0 saturated heterocycles. The van der Waals surface area contributed by atoms with Crippen molar-refractivity contribution in [3.8, 4) is 34.3 Å². The summed E-state index contributed by atoms with van der Waals surface area (Å²) in [4.78, 5) is 15.3. The van der Waals surface area contributed by atoms with Gasteiger partial charge in [0.25, 0.3) is 0 Å². The molecule has 1 heterocycles. The molecule has 0 aliphatic rings. The highest BCUT2D eigenvalue weighted by Gasteiger charge is 2.21. The Balaban J connectivity index is 2.13. The Morgan fingerprint density at radius 3 is 2.50 bits per heavy atom. The van der Waals surface area contributed by atoms with E-state index in [1.165, 1.54) is 37.4 Å². The monoisotopic (exact) mass is 388 g/mol. The molecule has 146 valence electrons. The lowest BCUT2D eigenvalue weighted by atomic mass is 10.1. The first-order chi connectivity index (χ1) is 13.4. The molecule has 0 amide bonds. The molecule has 0 unspecified atom stereocenters. The standard InChI is InChI=1S/C20H17F2NO5/c1-3-27-19-14(22)8-12(9-16(19)26-2)18-15(10-17(24)25)23-20(28-18)11-4-6-13(21)7-5-11/h4-9H,3,10H2,1-2H3,(H,24,25)/p-1. The molecular weight excluding hydrogens is 372 g/mol. The SMILES string of the molecule is CCOc1c(F)cc(-c2oc(-c3ccc(F)cc3)nc2CC(=O)[O-])cc1OC. The molecule has 3 aromatic rings. The van der Waals surface area contributed by atoms with Crippen molar-refractivity contribution >= 4 is 5.97 Å². The van der Waals surface area contributed by atoms with Crippen LogP contribution in [0, 0.1) is 11.6 Å². The third kappa shape index (κ3) is 3.95. The minimum absolute atomic E-state index is 0.0452. The largest absolute Gasteiger partial charge is 0.550 e. The highest BCUT2D eigenvalue weighted by Crippen LogP contribution is 2.38. The number of carboxylic acids is 1. The fourth-order valence-electron chi connectivity index (χ4n) is 2.69. The van der Waals surface area contributed by atoms with Crippen molar-refractivity contribution in [2.75, 3.05) is 13.7 Å². The summed E-state index contributed by atoms with van der Waals surface area (Å²) in [5.41, 5.74) is 0.700. The Morgan fingerprint density at radius 1 is 1.18 bits per heavy atom. The lowest BCUT2D eigenvalue weighted by molar-refractivity contribution is -0.304. The summed E-state index contributed by atoms with van der Waals surface area (Å²) in [6.07, 6.45) is -0.544. The predicted molar refractivity (Wildman–Crippen MR) is 93.7 cm³/mol. The van der Waals surface area contributed by atoms with Crippen molar-refractivity contribution in [2.24, 2.45) is 0 Å². The van der Waals surface area contributed by atoms with Crippen LogP contribution in [0.1, 0.15) is 12.6 Å². The van der Waals surface area contributed by atoms with Crippen molar-refractivity contribution in [1.82, 2.24) is 4.98 Å². The van der Waals surface area contributed by atoms with Gasteiger partial charge in [0.05, 0.1) is 19.4 Å². The van der Waals surface area contributed by atoms with E-state index in [4.69, 9.17) is 13.9 Å². The molecule has 3 rings (SSSR count). The van der Waals surface area contributed by atoms with Crippen LogP contribution in [-0.4, -0.2) is 24.7 Å². The summed E-state index contributed by atoms with van der Waals surface area (Å²) >= 11 is 0. The molecule has 0 bridgehead atoms. The second kappa shape index (κ2) is 8.08. The average molecular weight is 388 g/mol. The van der Waals surface area contributed by atoms with Gasteiger partial charge in [-0.1, -0.05) is 0 Å². The van der Waals surface area contributed by atoms with Crippen molar-refractivity contribution in [3.05, 3.63) is 53.7 Å². The lowest BCUT2D eigenvalue weighted by Crippen LogP contribution is -2.24. The first-order valence-electron chi connectivity index (χ1n) is 8.39. The number of oxazole rings is 1. The summed E-state index contributed by atoms with van der Waals surface area (Å²) < 4.78 is 43.8. The van der Waals surface area contributed by atoms with Gasteiger partial charge < -0.3 is 23.8 Å². The van der Waals surface area contributed by atoms with Gasteiger partial charge in [-0.2, -0.15) is 0 Å². The number of carbonyl (C=O) groups is 1. The molecule has 8 heteroatoms.